The Balaban J connectivity index is 2.32. The molecular weight excluding hydrogens is 263 g/mol. The minimum atomic E-state index is -0.0997. The second-order valence-electron chi connectivity index (χ2n) is 7.17. The third-order valence-electron chi connectivity index (χ3n) is 4.49. The molecular formula is C18H29FN2. The molecule has 0 aromatic heterocycles. The number of hydrogen-bond acceptors (Lipinski definition) is 2. The van der Waals surface area contributed by atoms with Crippen molar-refractivity contribution < 1.29 is 4.39 Å². The normalized spacial score (nSPS) is 19.0. The van der Waals surface area contributed by atoms with E-state index in [-0.39, 0.29) is 11.9 Å². The SMILES string of the molecule is CCCNC(C)c1cc(F)c(C)cc1N1CCC(C)(C)C1. The van der Waals surface area contributed by atoms with Crippen LogP contribution >= 0.6 is 0 Å². The van der Waals surface area contributed by atoms with Crippen LogP contribution in [0, 0.1) is 18.2 Å². The van der Waals surface area contributed by atoms with Gasteiger partial charge >= 0.3 is 0 Å². The molecule has 0 bridgehead atoms. The molecule has 0 radical (unpaired) electrons. The largest absolute Gasteiger partial charge is 0.371 e. The zero-order valence-electron chi connectivity index (χ0n) is 14.1. The maximum Gasteiger partial charge on any atom is 0.126 e. The first-order valence-corrected chi connectivity index (χ1v) is 8.12. The Bertz CT molecular complexity index is 496. The van der Waals surface area contributed by atoms with Gasteiger partial charge in [-0.25, -0.2) is 4.39 Å². The smallest absolute Gasteiger partial charge is 0.126 e. The Morgan fingerprint density at radius 3 is 2.67 bits per heavy atom. The summed E-state index contributed by atoms with van der Waals surface area (Å²) in [4.78, 5) is 2.42. The molecule has 0 aliphatic carbocycles. The standard InChI is InChI=1S/C18H29FN2/c1-6-8-20-14(3)15-11-16(19)13(2)10-17(15)21-9-7-18(4,5)12-21/h10-11,14,20H,6-9,12H2,1-5H3. The molecule has 1 N–H and O–H groups in total. The van der Waals surface area contributed by atoms with E-state index >= 15 is 0 Å². The highest BCUT2D eigenvalue weighted by Crippen LogP contribution is 2.37. The van der Waals surface area contributed by atoms with Gasteiger partial charge < -0.3 is 10.2 Å². The number of halogens is 1. The fourth-order valence-corrected chi connectivity index (χ4v) is 3.09. The van der Waals surface area contributed by atoms with E-state index in [0.29, 0.717) is 5.41 Å². The van der Waals surface area contributed by atoms with Crippen LogP contribution in [0.25, 0.3) is 0 Å². The van der Waals surface area contributed by atoms with Gasteiger partial charge in [-0.2, -0.15) is 0 Å². The topological polar surface area (TPSA) is 15.3 Å². The minimum Gasteiger partial charge on any atom is -0.371 e. The van der Waals surface area contributed by atoms with E-state index in [1.54, 1.807) is 6.07 Å². The van der Waals surface area contributed by atoms with Crippen LogP contribution in [0.1, 0.15) is 57.7 Å². The second kappa shape index (κ2) is 6.35. The number of nitrogens with one attached hydrogen (secondary N) is 1. The Hall–Kier alpha value is -1.09. The van der Waals surface area contributed by atoms with Crippen LogP contribution in [0.3, 0.4) is 0 Å². The molecule has 118 valence electrons. The lowest BCUT2D eigenvalue weighted by Gasteiger charge is -2.27. The van der Waals surface area contributed by atoms with Gasteiger partial charge in [0.2, 0.25) is 0 Å². The Morgan fingerprint density at radius 2 is 2.10 bits per heavy atom. The van der Waals surface area contributed by atoms with Crippen molar-refractivity contribution in [2.24, 2.45) is 5.41 Å². The van der Waals surface area contributed by atoms with Crippen LogP contribution in [0.5, 0.6) is 0 Å². The zero-order chi connectivity index (χ0) is 15.6. The summed E-state index contributed by atoms with van der Waals surface area (Å²) >= 11 is 0. The number of benzene rings is 1. The molecule has 1 aromatic rings. The first kappa shape index (κ1) is 16.3. The van der Waals surface area contributed by atoms with E-state index < -0.39 is 0 Å². The van der Waals surface area contributed by atoms with Gasteiger partial charge in [-0.15, -0.1) is 0 Å². The van der Waals surface area contributed by atoms with Crippen molar-refractivity contribution in [1.82, 2.24) is 5.32 Å². The van der Waals surface area contributed by atoms with E-state index in [9.17, 15) is 4.39 Å². The molecule has 1 aromatic carbocycles. The van der Waals surface area contributed by atoms with Gasteiger partial charge in [-0.05, 0) is 61.9 Å². The Morgan fingerprint density at radius 1 is 1.38 bits per heavy atom. The van der Waals surface area contributed by atoms with E-state index in [0.717, 1.165) is 37.2 Å². The molecule has 1 heterocycles. The summed E-state index contributed by atoms with van der Waals surface area (Å²) in [5.41, 5.74) is 3.38. The molecule has 1 saturated heterocycles. The highest BCUT2D eigenvalue weighted by Gasteiger charge is 2.31. The van der Waals surface area contributed by atoms with Crippen LogP contribution in [0.2, 0.25) is 0 Å². The van der Waals surface area contributed by atoms with Crippen molar-refractivity contribution in [2.75, 3.05) is 24.5 Å². The molecule has 1 aliphatic heterocycles. The van der Waals surface area contributed by atoms with E-state index in [1.807, 2.05) is 13.0 Å². The highest BCUT2D eigenvalue weighted by molar-refractivity contribution is 5.58. The van der Waals surface area contributed by atoms with E-state index in [1.165, 1.54) is 12.1 Å². The van der Waals surface area contributed by atoms with Gasteiger partial charge in [0.25, 0.3) is 0 Å². The minimum absolute atomic E-state index is 0.0997. The summed E-state index contributed by atoms with van der Waals surface area (Å²) < 4.78 is 14.0. The van der Waals surface area contributed by atoms with Gasteiger partial charge in [-0.1, -0.05) is 20.8 Å². The van der Waals surface area contributed by atoms with Crippen LogP contribution in [0.15, 0.2) is 12.1 Å². The van der Waals surface area contributed by atoms with Gasteiger partial charge in [-0.3, -0.25) is 0 Å². The Labute approximate surface area is 128 Å². The summed E-state index contributed by atoms with van der Waals surface area (Å²) in [5, 5.41) is 3.49. The van der Waals surface area contributed by atoms with Crippen LogP contribution in [0.4, 0.5) is 10.1 Å². The lowest BCUT2D eigenvalue weighted by atomic mass is 9.93. The van der Waals surface area contributed by atoms with E-state index in [4.69, 9.17) is 0 Å². The fourth-order valence-electron chi connectivity index (χ4n) is 3.09. The van der Waals surface area contributed by atoms with Gasteiger partial charge in [0.05, 0.1) is 0 Å². The van der Waals surface area contributed by atoms with Crippen molar-refractivity contribution in [3.8, 4) is 0 Å². The molecule has 1 fully saturated rings. The molecule has 0 amide bonds. The first-order chi connectivity index (χ1) is 9.84. The van der Waals surface area contributed by atoms with Crippen LogP contribution in [-0.2, 0) is 0 Å². The lowest BCUT2D eigenvalue weighted by Crippen LogP contribution is -2.27. The van der Waals surface area contributed by atoms with E-state index in [2.05, 4.69) is 37.9 Å². The molecule has 21 heavy (non-hydrogen) atoms. The average Bonchev–Trinajstić information content (AvgIpc) is 2.78. The molecule has 0 spiro atoms. The molecule has 0 saturated carbocycles. The fraction of sp³-hybridized carbons (Fsp3) is 0.667. The predicted octanol–water partition coefficient (Wildman–Crippen LogP) is 4.43. The van der Waals surface area contributed by atoms with Gasteiger partial charge in [0, 0.05) is 24.8 Å². The number of hydrogen-bond donors (Lipinski definition) is 1. The summed E-state index contributed by atoms with van der Waals surface area (Å²) in [7, 11) is 0. The zero-order valence-corrected chi connectivity index (χ0v) is 14.1. The van der Waals surface area contributed by atoms with Gasteiger partial charge in [0.1, 0.15) is 5.82 Å². The first-order valence-electron chi connectivity index (χ1n) is 8.12. The highest BCUT2D eigenvalue weighted by atomic mass is 19.1. The second-order valence-corrected chi connectivity index (χ2v) is 7.17. The third-order valence-corrected chi connectivity index (χ3v) is 4.49. The Kier molecular flexibility index (Phi) is 4.92. The molecule has 1 atom stereocenters. The summed E-state index contributed by atoms with van der Waals surface area (Å²) in [5.74, 6) is -0.0997. The number of nitrogens with zero attached hydrogens (tertiary/aromatic N) is 1. The van der Waals surface area contributed by atoms with Crippen LogP contribution < -0.4 is 10.2 Å². The van der Waals surface area contributed by atoms with Crippen LogP contribution in [-0.4, -0.2) is 19.6 Å². The number of aryl methyl sites for hydroxylation is 1. The van der Waals surface area contributed by atoms with Crippen molar-refractivity contribution in [2.45, 2.75) is 53.5 Å². The molecule has 1 aliphatic rings. The van der Waals surface area contributed by atoms with Crippen molar-refractivity contribution in [3.05, 3.63) is 29.1 Å². The maximum absolute atomic E-state index is 14.0. The summed E-state index contributed by atoms with van der Waals surface area (Å²) in [6, 6.07) is 3.93. The number of anilines is 1. The predicted molar refractivity (Wildman–Crippen MR) is 88.5 cm³/mol. The molecule has 1 unspecified atom stereocenters. The van der Waals surface area contributed by atoms with Crippen molar-refractivity contribution in [1.29, 1.82) is 0 Å². The number of rotatable bonds is 5. The average molecular weight is 292 g/mol. The lowest BCUT2D eigenvalue weighted by molar-refractivity contribution is 0.418. The van der Waals surface area contributed by atoms with Crippen molar-refractivity contribution >= 4 is 5.69 Å². The summed E-state index contributed by atoms with van der Waals surface area (Å²) in [6.45, 7) is 13.8. The quantitative estimate of drug-likeness (QED) is 0.863. The monoisotopic (exact) mass is 292 g/mol. The van der Waals surface area contributed by atoms with Gasteiger partial charge in [0.15, 0.2) is 0 Å². The maximum atomic E-state index is 14.0. The summed E-state index contributed by atoms with van der Waals surface area (Å²) in [6.07, 6.45) is 2.28. The van der Waals surface area contributed by atoms with Crippen molar-refractivity contribution in [3.63, 3.8) is 0 Å². The molecule has 3 heteroatoms. The molecule has 2 nitrogen and oxygen atoms in total. The third kappa shape index (κ3) is 3.76. The molecule has 2 rings (SSSR count).